The minimum Gasteiger partial charge on any atom is -0.466 e. The second-order valence-electron chi connectivity index (χ2n) is 5.92. The molecule has 0 aromatic heterocycles. The van der Waals surface area contributed by atoms with Gasteiger partial charge >= 0.3 is 5.97 Å². The number of rotatable bonds is 9. The van der Waals surface area contributed by atoms with E-state index in [1.54, 1.807) is 11.2 Å². The average Bonchev–Trinajstić information content (AvgIpc) is 3.10. The van der Waals surface area contributed by atoms with Gasteiger partial charge in [0.25, 0.3) is 0 Å². The second kappa shape index (κ2) is 7.56. The standard InChI is InChI=1S/C14H26N2O4S/c1-2-20-14(17)7-9-21(18,19)16(10-12-5-6-12)11-13-4-3-8-15-13/h12-13,15H,2-11H2,1H3. The highest BCUT2D eigenvalue weighted by atomic mass is 32.2. The van der Waals surface area contributed by atoms with Gasteiger partial charge in [0, 0.05) is 19.1 Å². The maximum absolute atomic E-state index is 12.5. The molecule has 1 N–H and O–H groups in total. The van der Waals surface area contributed by atoms with Gasteiger partial charge in [0.05, 0.1) is 18.8 Å². The molecule has 0 spiro atoms. The molecular formula is C14H26N2O4S. The highest BCUT2D eigenvalue weighted by molar-refractivity contribution is 7.89. The van der Waals surface area contributed by atoms with E-state index < -0.39 is 16.0 Å². The van der Waals surface area contributed by atoms with Crippen molar-refractivity contribution in [3.05, 3.63) is 0 Å². The molecule has 0 bridgehead atoms. The van der Waals surface area contributed by atoms with Crippen LogP contribution in [0.25, 0.3) is 0 Å². The summed E-state index contributed by atoms with van der Waals surface area (Å²) in [4.78, 5) is 11.4. The third-order valence-electron chi connectivity index (χ3n) is 4.01. The Morgan fingerprint density at radius 2 is 2.05 bits per heavy atom. The van der Waals surface area contributed by atoms with Crippen molar-refractivity contribution < 1.29 is 17.9 Å². The summed E-state index contributed by atoms with van der Waals surface area (Å²) < 4.78 is 31.4. The van der Waals surface area contributed by atoms with Crippen LogP contribution in [0.1, 0.15) is 39.0 Å². The van der Waals surface area contributed by atoms with Crippen LogP contribution >= 0.6 is 0 Å². The lowest BCUT2D eigenvalue weighted by Gasteiger charge is -2.25. The van der Waals surface area contributed by atoms with Gasteiger partial charge in [-0.15, -0.1) is 0 Å². The molecule has 0 aromatic carbocycles. The Bertz CT molecular complexity index is 442. The van der Waals surface area contributed by atoms with Gasteiger partial charge in [-0.3, -0.25) is 4.79 Å². The predicted octanol–water partition coefficient (Wildman–Crippen LogP) is 0.733. The van der Waals surface area contributed by atoms with Crippen LogP contribution in [0.2, 0.25) is 0 Å². The maximum atomic E-state index is 12.5. The minimum atomic E-state index is -3.39. The summed E-state index contributed by atoms with van der Waals surface area (Å²) in [5, 5.41) is 3.34. The Morgan fingerprint density at radius 3 is 2.62 bits per heavy atom. The number of carbonyl (C=O) groups is 1. The average molecular weight is 318 g/mol. The van der Waals surface area contributed by atoms with Gasteiger partial charge in [0.1, 0.15) is 0 Å². The molecule has 1 unspecified atom stereocenters. The van der Waals surface area contributed by atoms with E-state index in [4.69, 9.17) is 4.74 Å². The van der Waals surface area contributed by atoms with Gasteiger partial charge in [-0.1, -0.05) is 0 Å². The number of hydrogen-bond donors (Lipinski definition) is 1. The van der Waals surface area contributed by atoms with Crippen LogP contribution in [0.3, 0.4) is 0 Å². The topological polar surface area (TPSA) is 75.7 Å². The first-order valence-electron chi connectivity index (χ1n) is 7.88. The van der Waals surface area contributed by atoms with Crippen molar-refractivity contribution in [3.8, 4) is 0 Å². The van der Waals surface area contributed by atoms with E-state index in [-0.39, 0.29) is 24.8 Å². The number of hydrogen-bond acceptors (Lipinski definition) is 5. The molecule has 1 aliphatic carbocycles. The summed E-state index contributed by atoms with van der Waals surface area (Å²) in [6.07, 6.45) is 4.29. The molecule has 122 valence electrons. The van der Waals surface area contributed by atoms with Crippen LogP contribution in [0.4, 0.5) is 0 Å². The van der Waals surface area contributed by atoms with Crippen molar-refractivity contribution in [2.24, 2.45) is 5.92 Å². The molecule has 0 radical (unpaired) electrons. The molecule has 0 amide bonds. The number of esters is 1. The highest BCUT2D eigenvalue weighted by Gasteiger charge is 2.33. The summed E-state index contributed by atoms with van der Waals surface area (Å²) in [7, 11) is -3.39. The van der Waals surface area contributed by atoms with Crippen molar-refractivity contribution in [1.29, 1.82) is 0 Å². The largest absolute Gasteiger partial charge is 0.466 e. The number of nitrogens with zero attached hydrogens (tertiary/aromatic N) is 1. The second-order valence-corrected chi connectivity index (χ2v) is 8.01. The predicted molar refractivity (Wildman–Crippen MR) is 80.4 cm³/mol. The van der Waals surface area contributed by atoms with Crippen LogP contribution in [0, 0.1) is 5.92 Å². The first kappa shape index (κ1) is 16.7. The first-order valence-corrected chi connectivity index (χ1v) is 9.49. The molecule has 1 saturated heterocycles. The Kier molecular flexibility index (Phi) is 6.01. The van der Waals surface area contributed by atoms with Crippen LogP contribution in [0.15, 0.2) is 0 Å². The number of carbonyl (C=O) groups excluding carboxylic acids is 1. The molecule has 7 heteroatoms. The molecule has 1 saturated carbocycles. The van der Waals surface area contributed by atoms with E-state index >= 15 is 0 Å². The van der Waals surface area contributed by atoms with Crippen molar-refractivity contribution in [3.63, 3.8) is 0 Å². The van der Waals surface area contributed by atoms with Crippen LogP contribution in [-0.4, -0.2) is 56.7 Å². The lowest BCUT2D eigenvalue weighted by Crippen LogP contribution is -2.43. The van der Waals surface area contributed by atoms with E-state index in [0.29, 0.717) is 19.0 Å². The monoisotopic (exact) mass is 318 g/mol. The van der Waals surface area contributed by atoms with Gasteiger partial charge in [0.2, 0.25) is 10.0 Å². The first-order chi connectivity index (χ1) is 10.0. The van der Waals surface area contributed by atoms with Crippen molar-refractivity contribution >= 4 is 16.0 Å². The van der Waals surface area contributed by atoms with Crippen molar-refractivity contribution in [2.75, 3.05) is 32.0 Å². The molecule has 2 fully saturated rings. The Hall–Kier alpha value is -0.660. The van der Waals surface area contributed by atoms with E-state index in [1.807, 2.05) is 0 Å². The van der Waals surface area contributed by atoms with Gasteiger partial charge in [-0.25, -0.2) is 12.7 Å². The maximum Gasteiger partial charge on any atom is 0.306 e. The summed E-state index contributed by atoms with van der Waals surface area (Å²) in [6, 6.07) is 0.251. The zero-order valence-corrected chi connectivity index (χ0v) is 13.5. The van der Waals surface area contributed by atoms with Crippen LogP contribution in [-0.2, 0) is 19.6 Å². The van der Waals surface area contributed by atoms with Gasteiger partial charge in [-0.05, 0) is 45.1 Å². The van der Waals surface area contributed by atoms with Crippen LogP contribution in [0.5, 0.6) is 0 Å². The fourth-order valence-electron chi connectivity index (χ4n) is 2.62. The summed E-state index contributed by atoms with van der Waals surface area (Å²) in [6.45, 7) is 4.10. The number of sulfonamides is 1. The lowest BCUT2D eigenvalue weighted by molar-refractivity contribution is -0.142. The zero-order chi connectivity index (χ0) is 15.3. The SMILES string of the molecule is CCOC(=O)CCS(=O)(=O)N(CC1CC1)CC1CCCN1. The van der Waals surface area contributed by atoms with E-state index in [0.717, 1.165) is 32.2 Å². The minimum absolute atomic E-state index is 0.0601. The Balaban J connectivity index is 1.90. The molecule has 1 atom stereocenters. The van der Waals surface area contributed by atoms with Crippen molar-refractivity contribution in [2.45, 2.75) is 45.1 Å². The molecular weight excluding hydrogens is 292 g/mol. The van der Waals surface area contributed by atoms with Gasteiger partial charge in [-0.2, -0.15) is 0 Å². The molecule has 0 aromatic rings. The van der Waals surface area contributed by atoms with Crippen molar-refractivity contribution in [1.82, 2.24) is 9.62 Å². The zero-order valence-electron chi connectivity index (χ0n) is 12.7. The highest BCUT2D eigenvalue weighted by Crippen LogP contribution is 2.31. The normalized spacial score (nSPS) is 22.7. The summed E-state index contributed by atoms with van der Waals surface area (Å²) >= 11 is 0. The van der Waals surface area contributed by atoms with E-state index in [9.17, 15) is 13.2 Å². The number of ether oxygens (including phenoxy) is 1. The molecule has 2 rings (SSSR count). The van der Waals surface area contributed by atoms with E-state index in [2.05, 4.69) is 5.32 Å². The van der Waals surface area contributed by atoms with Crippen LogP contribution < -0.4 is 5.32 Å². The van der Waals surface area contributed by atoms with Gasteiger partial charge in [0.15, 0.2) is 0 Å². The quantitative estimate of drug-likeness (QED) is 0.634. The summed E-state index contributed by atoms with van der Waals surface area (Å²) in [5.41, 5.74) is 0. The Labute approximate surface area is 127 Å². The third-order valence-corrected chi connectivity index (χ3v) is 5.81. The molecule has 21 heavy (non-hydrogen) atoms. The Morgan fingerprint density at radius 1 is 1.29 bits per heavy atom. The molecule has 1 heterocycles. The van der Waals surface area contributed by atoms with Gasteiger partial charge < -0.3 is 10.1 Å². The summed E-state index contributed by atoms with van der Waals surface area (Å²) in [5.74, 6) is -0.0825. The third kappa shape index (κ3) is 5.56. The van der Waals surface area contributed by atoms with E-state index in [1.165, 1.54) is 0 Å². The number of nitrogens with one attached hydrogen (secondary N) is 1. The fourth-order valence-corrected chi connectivity index (χ4v) is 4.15. The smallest absolute Gasteiger partial charge is 0.306 e. The lowest BCUT2D eigenvalue weighted by atomic mass is 10.2. The molecule has 2 aliphatic rings. The molecule has 6 nitrogen and oxygen atoms in total. The molecule has 1 aliphatic heterocycles. The fraction of sp³-hybridized carbons (Fsp3) is 0.929.